The van der Waals surface area contributed by atoms with Crippen LogP contribution in [-0.2, 0) is 46.4 Å². The minimum absolute atomic E-state index is 0.0163. The molecule has 4 aromatic carbocycles. The highest BCUT2D eigenvalue weighted by Gasteiger charge is 2.46. The number of hydrogen-bond acceptors (Lipinski definition) is 9. The van der Waals surface area contributed by atoms with Crippen LogP contribution >= 0.6 is 0 Å². The molecule has 2 heterocycles. The van der Waals surface area contributed by atoms with Gasteiger partial charge in [-0.15, -0.1) is 0 Å². The van der Waals surface area contributed by atoms with Crippen molar-refractivity contribution in [2.24, 2.45) is 0 Å². The van der Waals surface area contributed by atoms with E-state index in [0.29, 0.717) is 5.69 Å². The van der Waals surface area contributed by atoms with Crippen molar-refractivity contribution in [3.8, 4) is 11.1 Å². The Hall–Kier alpha value is -6.63. The molecule has 0 radical (unpaired) electrons. The maximum Gasteiger partial charge on any atom is 0.411 e. The molecule has 2 aliphatic rings. The van der Waals surface area contributed by atoms with Crippen LogP contribution in [0.15, 0.2) is 103 Å². The maximum atomic E-state index is 15.0. The molecule has 0 bridgehead atoms. The number of aromatic amines is 1. The van der Waals surface area contributed by atoms with E-state index in [1.54, 1.807) is 6.92 Å². The standard InChI is InChI=1S/C44H44N4O9/c1-4-55-39(49)24-47(44(53)57-26-35-31-18-10-8-16-29(31)30-17-9-11-19-32(30)35)27(2)41(50)48-37(42(51)54-3)22-34-33-20-12-13-21-36(33)46-40(34)38(48)23-45-43(52)56-25-28-14-6-5-7-15-28/h5-21,27,35,37-38,46H,4,22-26H2,1-3H3,(H,45,52)/t27-,37-,38-/m0/s1. The molecule has 3 atom stereocenters. The Morgan fingerprint density at radius 3 is 2.18 bits per heavy atom. The zero-order valence-corrected chi connectivity index (χ0v) is 31.9. The molecule has 2 N–H and O–H groups in total. The van der Waals surface area contributed by atoms with E-state index in [1.165, 1.54) is 18.9 Å². The average Bonchev–Trinajstić information content (AvgIpc) is 3.78. The van der Waals surface area contributed by atoms with E-state index in [4.69, 9.17) is 18.9 Å². The number of nitrogens with one attached hydrogen (secondary N) is 2. The summed E-state index contributed by atoms with van der Waals surface area (Å²) >= 11 is 0. The highest BCUT2D eigenvalue weighted by atomic mass is 16.6. The van der Waals surface area contributed by atoms with E-state index in [2.05, 4.69) is 10.3 Å². The van der Waals surface area contributed by atoms with Gasteiger partial charge in [-0.1, -0.05) is 97.1 Å². The maximum absolute atomic E-state index is 15.0. The molecule has 0 spiro atoms. The van der Waals surface area contributed by atoms with Gasteiger partial charge in [0.05, 0.1) is 19.8 Å². The first kappa shape index (κ1) is 38.6. The van der Waals surface area contributed by atoms with E-state index in [-0.39, 0.29) is 38.7 Å². The Morgan fingerprint density at radius 1 is 0.842 bits per heavy atom. The first-order chi connectivity index (χ1) is 27.7. The van der Waals surface area contributed by atoms with Gasteiger partial charge in [-0.3, -0.25) is 14.5 Å². The van der Waals surface area contributed by atoms with Gasteiger partial charge < -0.3 is 34.1 Å². The minimum Gasteiger partial charge on any atom is -0.467 e. The second kappa shape index (κ2) is 17.0. The quantitative estimate of drug-likeness (QED) is 0.110. The van der Waals surface area contributed by atoms with Crippen molar-refractivity contribution >= 4 is 40.9 Å². The SMILES string of the molecule is CCOC(=O)CN(C(=O)OCC1c2ccccc2-c2ccccc21)[C@@H](C)C(=O)N1[C@H](C(=O)OC)Cc2c([nH]c3ccccc23)[C@@H]1CNC(=O)OCc1ccccc1. The third kappa shape index (κ3) is 7.91. The number of rotatable bonds is 12. The number of benzene rings is 4. The molecule has 7 rings (SSSR count). The molecular formula is C44H44N4O9. The summed E-state index contributed by atoms with van der Waals surface area (Å²) in [6.45, 7) is 2.35. The molecule has 57 heavy (non-hydrogen) atoms. The van der Waals surface area contributed by atoms with Crippen molar-refractivity contribution in [1.29, 1.82) is 0 Å². The van der Waals surface area contributed by atoms with Gasteiger partial charge in [-0.2, -0.15) is 0 Å². The molecule has 13 heteroatoms. The highest BCUT2D eigenvalue weighted by molar-refractivity contribution is 5.94. The number of amides is 3. The van der Waals surface area contributed by atoms with E-state index in [1.807, 2.05) is 103 Å². The Morgan fingerprint density at radius 2 is 1.49 bits per heavy atom. The minimum atomic E-state index is -1.34. The number of hydrogen-bond donors (Lipinski definition) is 2. The fourth-order valence-electron chi connectivity index (χ4n) is 7.90. The van der Waals surface area contributed by atoms with Crippen molar-refractivity contribution in [3.05, 3.63) is 131 Å². The van der Waals surface area contributed by atoms with Gasteiger partial charge in [0.2, 0.25) is 5.91 Å². The first-order valence-electron chi connectivity index (χ1n) is 18.9. The smallest absolute Gasteiger partial charge is 0.411 e. The fourth-order valence-corrected chi connectivity index (χ4v) is 7.90. The zero-order chi connectivity index (χ0) is 40.1. The Labute approximate surface area is 329 Å². The summed E-state index contributed by atoms with van der Waals surface area (Å²) in [6.07, 6.45) is -1.56. The van der Waals surface area contributed by atoms with Gasteiger partial charge in [0.25, 0.3) is 0 Å². The van der Waals surface area contributed by atoms with Crippen LogP contribution < -0.4 is 5.32 Å². The van der Waals surface area contributed by atoms with Crippen molar-refractivity contribution in [2.45, 2.75) is 50.9 Å². The van der Waals surface area contributed by atoms with Crippen LogP contribution in [-0.4, -0.2) is 90.3 Å². The number of nitrogens with zero attached hydrogens (tertiary/aromatic N) is 2. The average molecular weight is 773 g/mol. The summed E-state index contributed by atoms with van der Waals surface area (Å²) in [5.74, 6) is -2.40. The number of carbonyl (C=O) groups is 5. The summed E-state index contributed by atoms with van der Waals surface area (Å²) < 4.78 is 21.9. The number of alkyl carbamates (subject to hydrolysis) is 1. The topological polar surface area (TPSA) is 157 Å². The lowest BCUT2D eigenvalue weighted by molar-refractivity contribution is -0.158. The van der Waals surface area contributed by atoms with Crippen molar-refractivity contribution in [2.75, 3.05) is 33.4 Å². The molecule has 1 aliphatic carbocycles. The molecule has 0 saturated heterocycles. The molecule has 0 saturated carbocycles. The number of esters is 2. The fraction of sp³-hybridized carbons (Fsp3) is 0.295. The van der Waals surface area contributed by atoms with Crippen LogP contribution in [0.2, 0.25) is 0 Å². The Bertz CT molecular complexity index is 2240. The number of fused-ring (bicyclic) bond motifs is 6. The number of para-hydroxylation sites is 1. The number of aromatic nitrogens is 1. The lowest BCUT2D eigenvalue weighted by atomic mass is 9.90. The largest absolute Gasteiger partial charge is 0.467 e. The van der Waals surface area contributed by atoms with Gasteiger partial charge in [0.15, 0.2) is 0 Å². The monoisotopic (exact) mass is 772 g/mol. The van der Waals surface area contributed by atoms with Crippen molar-refractivity contribution < 1.29 is 42.9 Å². The van der Waals surface area contributed by atoms with Crippen molar-refractivity contribution in [3.63, 3.8) is 0 Å². The van der Waals surface area contributed by atoms with Gasteiger partial charge >= 0.3 is 24.1 Å². The predicted molar refractivity (Wildman–Crippen MR) is 210 cm³/mol. The van der Waals surface area contributed by atoms with Crippen LogP contribution in [0.5, 0.6) is 0 Å². The summed E-state index contributed by atoms with van der Waals surface area (Å²) in [6, 6.07) is 29.1. The van der Waals surface area contributed by atoms with Crippen LogP contribution in [0, 0.1) is 0 Å². The molecular weight excluding hydrogens is 729 g/mol. The number of ether oxygens (including phenoxy) is 4. The summed E-state index contributed by atoms with van der Waals surface area (Å²) in [4.78, 5) is 74.5. The summed E-state index contributed by atoms with van der Waals surface area (Å²) in [7, 11) is 1.23. The number of H-pyrrole nitrogens is 1. The van der Waals surface area contributed by atoms with Crippen molar-refractivity contribution in [1.82, 2.24) is 20.1 Å². The van der Waals surface area contributed by atoms with Crippen LogP contribution in [0.1, 0.15) is 53.8 Å². The molecule has 294 valence electrons. The third-order valence-corrected chi connectivity index (χ3v) is 10.6. The van der Waals surface area contributed by atoms with Gasteiger partial charge in [0.1, 0.15) is 31.8 Å². The lowest BCUT2D eigenvalue weighted by Gasteiger charge is -2.43. The molecule has 13 nitrogen and oxygen atoms in total. The van der Waals surface area contributed by atoms with E-state index in [0.717, 1.165) is 49.2 Å². The third-order valence-electron chi connectivity index (χ3n) is 10.6. The Kier molecular flexibility index (Phi) is 11.5. The van der Waals surface area contributed by atoms with Gasteiger partial charge in [-0.05, 0) is 53.3 Å². The lowest BCUT2D eigenvalue weighted by Crippen LogP contribution is -2.59. The Balaban J connectivity index is 1.18. The van der Waals surface area contributed by atoms with E-state index >= 15 is 0 Å². The number of carbonyl (C=O) groups excluding carboxylic acids is 5. The first-order valence-corrected chi connectivity index (χ1v) is 18.9. The summed E-state index contributed by atoms with van der Waals surface area (Å²) in [5, 5.41) is 3.62. The highest BCUT2D eigenvalue weighted by Crippen LogP contribution is 2.45. The van der Waals surface area contributed by atoms with Crippen LogP contribution in [0.25, 0.3) is 22.0 Å². The van der Waals surface area contributed by atoms with E-state index in [9.17, 15) is 24.0 Å². The molecule has 0 unspecified atom stereocenters. The molecule has 1 aliphatic heterocycles. The van der Waals surface area contributed by atoms with Gasteiger partial charge in [0, 0.05) is 35.5 Å². The molecule has 1 aromatic heterocycles. The predicted octanol–water partition coefficient (Wildman–Crippen LogP) is 6.26. The second-order valence-electron chi connectivity index (χ2n) is 13.9. The zero-order valence-electron chi connectivity index (χ0n) is 31.9. The van der Waals surface area contributed by atoms with Gasteiger partial charge in [-0.25, -0.2) is 14.4 Å². The molecule has 0 fully saturated rings. The normalized spacial score (nSPS) is 16.1. The van der Waals surface area contributed by atoms with Crippen LogP contribution in [0.3, 0.4) is 0 Å². The summed E-state index contributed by atoms with van der Waals surface area (Å²) in [5.41, 5.74) is 7.00. The molecule has 3 amide bonds. The van der Waals surface area contributed by atoms with Crippen LogP contribution in [0.4, 0.5) is 9.59 Å². The number of methoxy groups -OCH3 is 1. The second-order valence-corrected chi connectivity index (χ2v) is 13.9. The molecule has 5 aromatic rings. The van der Waals surface area contributed by atoms with E-state index < -0.39 is 54.7 Å².